The van der Waals surface area contributed by atoms with Gasteiger partial charge in [-0.25, -0.2) is 4.99 Å². The molecule has 0 saturated heterocycles. The lowest BCUT2D eigenvalue weighted by molar-refractivity contribution is -0.119. The van der Waals surface area contributed by atoms with Gasteiger partial charge in [0, 0.05) is 6.92 Å². The number of nitrogens with one attached hydrogen (secondary N) is 1. The van der Waals surface area contributed by atoms with E-state index >= 15 is 0 Å². The normalized spacial score (nSPS) is 19.6. The Balaban J connectivity index is 2.09. The number of nitrogens with zero attached hydrogens (tertiary/aromatic N) is 1. The highest BCUT2D eigenvalue weighted by molar-refractivity contribution is 5.88. The van der Waals surface area contributed by atoms with Crippen molar-refractivity contribution in [3.63, 3.8) is 0 Å². The summed E-state index contributed by atoms with van der Waals surface area (Å²) in [4.78, 5) is 16.1. The first kappa shape index (κ1) is 15.5. The third kappa shape index (κ3) is 4.31. The highest BCUT2D eigenvalue weighted by Gasteiger charge is 2.35. The molecule has 4 nitrogen and oxygen atoms in total. The Kier molecular flexibility index (Phi) is 4.66. The van der Waals surface area contributed by atoms with Crippen LogP contribution in [-0.4, -0.2) is 30.5 Å². The van der Waals surface area contributed by atoms with Crippen LogP contribution < -0.4 is 5.32 Å². The Morgan fingerprint density at radius 3 is 2.62 bits per heavy atom. The molecule has 1 aromatic carbocycles. The van der Waals surface area contributed by atoms with E-state index in [1.165, 1.54) is 12.5 Å². The number of aliphatic imine (C=N–C) groups is 1. The van der Waals surface area contributed by atoms with Gasteiger partial charge >= 0.3 is 0 Å². The second-order valence-electron chi connectivity index (χ2n) is 6.62. The lowest BCUT2D eigenvalue weighted by Crippen LogP contribution is -2.48. The van der Waals surface area contributed by atoms with Gasteiger partial charge in [0.15, 0.2) is 0 Å². The zero-order valence-corrected chi connectivity index (χ0v) is 13.2. The number of amides is 1. The SMILES string of the molecule is CC(=O)N[C@H](C1=NC(Cc2ccccc2)CO1)C(C)(C)C. The molecule has 1 aliphatic heterocycles. The number of hydrogen-bond acceptors (Lipinski definition) is 3. The zero-order chi connectivity index (χ0) is 15.5. The van der Waals surface area contributed by atoms with Gasteiger partial charge in [0.05, 0.1) is 6.04 Å². The smallest absolute Gasteiger partial charge is 0.217 e. The number of hydrogen-bond donors (Lipinski definition) is 1. The molecule has 0 spiro atoms. The van der Waals surface area contributed by atoms with Gasteiger partial charge in [-0.1, -0.05) is 51.1 Å². The molecule has 0 fully saturated rings. The Morgan fingerprint density at radius 1 is 1.38 bits per heavy atom. The van der Waals surface area contributed by atoms with Crippen molar-refractivity contribution < 1.29 is 9.53 Å². The average molecular weight is 288 g/mol. The van der Waals surface area contributed by atoms with Gasteiger partial charge in [-0.3, -0.25) is 4.79 Å². The Bertz CT molecular complexity index is 517. The van der Waals surface area contributed by atoms with E-state index in [9.17, 15) is 4.79 Å². The highest BCUT2D eigenvalue weighted by atomic mass is 16.5. The first-order valence-corrected chi connectivity index (χ1v) is 7.38. The molecule has 114 valence electrons. The minimum Gasteiger partial charge on any atom is -0.477 e. The molecule has 0 saturated carbocycles. The summed E-state index contributed by atoms with van der Waals surface area (Å²) in [5.41, 5.74) is 1.12. The molecule has 0 aliphatic carbocycles. The molecule has 0 aromatic heterocycles. The van der Waals surface area contributed by atoms with E-state index in [-0.39, 0.29) is 23.4 Å². The standard InChI is InChI=1S/C17H24N2O2/c1-12(20)18-15(17(2,3)4)16-19-14(11-21-16)10-13-8-6-5-7-9-13/h5-9,14-15H,10-11H2,1-4H3,(H,18,20)/t14?,15-/m1/s1. The van der Waals surface area contributed by atoms with E-state index < -0.39 is 0 Å². The van der Waals surface area contributed by atoms with Crippen LogP contribution in [0.3, 0.4) is 0 Å². The molecule has 21 heavy (non-hydrogen) atoms. The summed E-state index contributed by atoms with van der Waals surface area (Å²) >= 11 is 0. The van der Waals surface area contributed by atoms with Crippen LogP contribution in [0, 0.1) is 5.41 Å². The maximum atomic E-state index is 11.4. The molecular weight excluding hydrogens is 264 g/mol. The van der Waals surface area contributed by atoms with Crippen LogP contribution in [0.4, 0.5) is 0 Å². The first-order valence-electron chi connectivity index (χ1n) is 7.38. The number of ether oxygens (including phenoxy) is 1. The molecule has 1 aromatic rings. The van der Waals surface area contributed by atoms with E-state index in [1.54, 1.807) is 0 Å². The van der Waals surface area contributed by atoms with Crippen molar-refractivity contribution >= 4 is 11.8 Å². The number of benzene rings is 1. The second-order valence-corrected chi connectivity index (χ2v) is 6.62. The van der Waals surface area contributed by atoms with Gasteiger partial charge < -0.3 is 10.1 Å². The average Bonchev–Trinajstić information content (AvgIpc) is 2.84. The predicted molar refractivity (Wildman–Crippen MR) is 84.4 cm³/mol. The fourth-order valence-electron chi connectivity index (χ4n) is 2.44. The predicted octanol–water partition coefficient (Wildman–Crippen LogP) is 2.58. The third-order valence-corrected chi connectivity index (χ3v) is 3.51. The summed E-state index contributed by atoms with van der Waals surface area (Å²) in [6.45, 7) is 8.32. The van der Waals surface area contributed by atoms with Crippen LogP contribution >= 0.6 is 0 Å². The van der Waals surface area contributed by atoms with E-state index in [0.29, 0.717) is 12.5 Å². The van der Waals surface area contributed by atoms with E-state index in [1.807, 2.05) is 18.2 Å². The number of carbonyl (C=O) groups excluding carboxylic acids is 1. The van der Waals surface area contributed by atoms with E-state index in [2.05, 4.69) is 43.2 Å². The summed E-state index contributed by atoms with van der Waals surface area (Å²) < 4.78 is 5.76. The minimum absolute atomic E-state index is 0.0623. The van der Waals surface area contributed by atoms with Gasteiger partial charge in [-0.05, 0) is 17.4 Å². The lowest BCUT2D eigenvalue weighted by atomic mass is 9.86. The van der Waals surface area contributed by atoms with Crippen LogP contribution in [0.5, 0.6) is 0 Å². The minimum atomic E-state index is -0.184. The Hall–Kier alpha value is -1.84. The van der Waals surface area contributed by atoms with Crippen molar-refractivity contribution in [2.75, 3.05) is 6.61 Å². The van der Waals surface area contributed by atoms with Crippen molar-refractivity contribution in [3.05, 3.63) is 35.9 Å². The lowest BCUT2D eigenvalue weighted by Gasteiger charge is -2.30. The van der Waals surface area contributed by atoms with Crippen molar-refractivity contribution in [2.24, 2.45) is 10.4 Å². The van der Waals surface area contributed by atoms with Crippen molar-refractivity contribution in [2.45, 2.75) is 46.2 Å². The van der Waals surface area contributed by atoms with Crippen LogP contribution in [0.25, 0.3) is 0 Å². The molecular formula is C17H24N2O2. The van der Waals surface area contributed by atoms with Crippen LogP contribution in [0.1, 0.15) is 33.3 Å². The fraction of sp³-hybridized carbons (Fsp3) is 0.529. The molecule has 2 atom stereocenters. The third-order valence-electron chi connectivity index (χ3n) is 3.51. The summed E-state index contributed by atoms with van der Waals surface area (Å²) in [5.74, 6) is 0.589. The molecule has 4 heteroatoms. The quantitative estimate of drug-likeness (QED) is 0.925. The maximum absolute atomic E-state index is 11.4. The summed E-state index contributed by atoms with van der Waals surface area (Å²) in [6.07, 6.45) is 0.862. The fourth-order valence-corrected chi connectivity index (χ4v) is 2.44. The van der Waals surface area contributed by atoms with Crippen LogP contribution in [-0.2, 0) is 16.0 Å². The molecule has 0 radical (unpaired) electrons. The molecule has 1 aliphatic rings. The van der Waals surface area contributed by atoms with Crippen molar-refractivity contribution in [1.82, 2.24) is 5.32 Å². The summed E-state index contributed by atoms with van der Waals surface area (Å²) in [7, 11) is 0. The Morgan fingerprint density at radius 2 is 2.05 bits per heavy atom. The molecule has 1 unspecified atom stereocenters. The van der Waals surface area contributed by atoms with Gasteiger partial charge in [-0.15, -0.1) is 0 Å². The second kappa shape index (κ2) is 6.29. The number of carbonyl (C=O) groups is 1. The maximum Gasteiger partial charge on any atom is 0.217 e. The van der Waals surface area contributed by atoms with Crippen LogP contribution in [0.15, 0.2) is 35.3 Å². The van der Waals surface area contributed by atoms with Gasteiger partial charge in [-0.2, -0.15) is 0 Å². The van der Waals surface area contributed by atoms with Crippen molar-refractivity contribution in [1.29, 1.82) is 0 Å². The van der Waals surface area contributed by atoms with E-state index in [4.69, 9.17) is 4.74 Å². The molecule has 1 heterocycles. The number of rotatable bonds is 4. The van der Waals surface area contributed by atoms with Crippen molar-refractivity contribution in [3.8, 4) is 0 Å². The zero-order valence-electron chi connectivity index (χ0n) is 13.2. The summed E-state index contributed by atoms with van der Waals surface area (Å²) in [6, 6.07) is 10.2. The molecule has 2 rings (SSSR count). The highest BCUT2D eigenvalue weighted by Crippen LogP contribution is 2.24. The molecule has 1 amide bonds. The topological polar surface area (TPSA) is 50.7 Å². The molecule has 0 bridgehead atoms. The van der Waals surface area contributed by atoms with E-state index in [0.717, 1.165) is 6.42 Å². The Labute approximate surface area is 126 Å². The molecule has 1 N–H and O–H groups in total. The van der Waals surface area contributed by atoms with Gasteiger partial charge in [0.25, 0.3) is 0 Å². The first-order chi connectivity index (χ1) is 9.86. The van der Waals surface area contributed by atoms with Gasteiger partial charge in [0.1, 0.15) is 12.6 Å². The summed E-state index contributed by atoms with van der Waals surface area (Å²) in [5, 5.41) is 2.95. The van der Waals surface area contributed by atoms with Crippen LogP contribution in [0.2, 0.25) is 0 Å². The largest absolute Gasteiger partial charge is 0.477 e. The van der Waals surface area contributed by atoms with Gasteiger partial charge in [0.2, 0.25) is 11.8 Å². The monoisotopic (exact) mass is 288 g/mol.